The zero-order chi connectivity index (χ0) is 18.4. The molecule has 2 rings (SSSR count). The number of carboxylic acids is 1. The Kier molecular flexibility index (Phi) is 6.45. The van der Waals surface area contributed by atoms with Crippen LogP contribution in [0, 0.1) is 6.92 Å². The first-order chi connectivity index (χ1) is 11.9. The molecule has 0 radical (unpaired) electrons. The molecule has 1 N–H and O–H groups in total. The molecule has 0 aromatic heterocycles. The van der Waals surface area contributed by atoms with Crippen molar-refractivity contribution in [3.63, 3.8) is 0 Å². The summed E-state index contributed by atoms with van der Waals surface area (Å²) in [6.07, 6.45) is 0.420. The molecule has 1 atom stereocenters. The number of hydrogen-bond acceptors (Lipinski definition) is 3. The van der Waals surface area contributed by atoms with E-state index in [2.05, 4.69) is 0 Å². The first kappa shape index (κ1) is 18.8. The number of benzene rings is 2. The summed E-state index contributed by atoms with van der Waals surface area (Å²) < 4.78 is 11.4. The van der Waals surface area contributed by atoms with Gasteiger partial charge in [0.1, 0.15) is 11.5 Å². The molecular formula is C21H26O4. The molecule has 4 nitrogen and oxygen atoms in total. The van der Waals surface area contributed by atoms with Gasteiger partial charge in [0, 0.05) is 0 Å². The van der Waals surface area contributed by atoms with Crippen molar-refractivity contribution >= 4 is 5.97 Å². The van der Waals surface area contributed by atoms with Crippen LogP contribution in [0.4, 0.5) is 0 Å². The number of carbonyl (C=O) groups is 1. The van der Waals surface area contributed by atoms with Gasteiger partial charge in [-0.3, -0.25) is 4.79 Å². The maximum Gasteiger partial charge on any atom is 0.311 e. The molecule has 134 valence electrons. The fourth-order valence-corrected chi connectivity index (χ4v) is 2.82. The topological polar surface area (TPSA) is 55.8 Å². The summed E-state index contributed by atoms with van der Waals surface area (Å²) in [5.74, 6) is 0.0551. The maximum absolute atomic E-state index is 11.9. The molecule has 0 bridgehead atoms. The average molecular weight is 342 g/mol. The normalized spacial score (nSPS) is 12.0. The van der Waals surface area contributed by atoms with Crippen LogP contribution >= 0.6 is 0 Å². The number of ether oxygens (including phenoxy) is 2. The molecule has 2 aromatic carbocycles. The van der Waals surface area contributed by atoms with E-state index in [1.54, 1.807) is 0 Å². The van der Waals surface area contributed by atoms with Gasteiger partial charge < -0.3 is 14.6 Å². The predicted molar refractivity (Wildman–Crippen MR) is 98.6 cm³/mol. The van der Waals surface area contributed by atoms with Crippen molar-refractivity contribution in [2.24, 2.45) is 0 Å². The van der Waals surface area contributed by atoms with Crippen LogP contribution in [0.2, 0.25) is 0 Å². The van der Waals surface area contributed by atoms with Crippen LogP contribution in [0.25, 0.3) is 0 Å². The van der Waals surface area contributed by atoms with Crippen LogP contribution in [0.5, 0.6) is 11.5 Å². The van der Waals surface area contributed by atoms with E-state index in [9.17, 15) is 9.90 Å². The summed E-state index contributed by atoms with van der Waals surface area (Å²) in [5.41, 5.74) is 2.61. The monoisotopic (exact) mass is 342 g/mol. The Balaban J connectivity index is 2.31. The van der Waals surface area contributed by atoms with E-state index in [1.807, 2.05) is 70.2 Å². The predicted octanol–water partition coefficient (Wildman–Crippen LogP) is 4.59. The quantitative estimate of drug-likeness (QED) is 0.762. The lowest BCUT2D eigenvalue weighted by Crippen LogP contribution is -2.16. The molecule has 0 aliphatic rings. The number of hydrogen-bond donors (Lipinski definition) is 1. The Morgan fingerprint density at radius 3 is 2.44 bits per heavy atom. The molecule has 0 saturated carbocycles. The maximum atomic E-state index is 11.9. The third-order valence-electron chi connectivity index (χ3n) is 3.96. The van der Waals surface area contributed by atoms with Gasteiger partial charge in [-0.05, 0) is 62.9 Å². The van der Waals surface area contributed by atoms with Crippen molar-refractivity contribution in [3.05, 3.63) is 59.2 Å². The first-order valence-electron chi connectivity index (χ1n) is 8.63. The Hall–Kier alpha value is -2.49. The van der Waals surface area contributed by atoms with Crippen molar-refractivity contribution in [1.82, 2.24) is 0 Å². The lowest BCUT2D eigenvalue weighted by Gasteiger charge is -2.18. The molecule has 0 saturated heterocycles. The molecule has 0 heterocycles. The number of para-hydroxylation sites is 1. The summed E-state index contributed by atoms with van der Waals surface area (Å²) in [6, 6.07) is 13.2. The highest BCUT2D eigenvalue weighted by molar-refractivity contribution is 5.77. The minimum absolute atomic E-state index is 0.0390. The second kappa shape index (κ2) is 8.56. The van der Waals surface area contributed by atoms with Crippen molar-refractivity contribution in [1.29, 1.82) is 0 Å². The van der Waals surface area contributed by atoms with Gasteiger partial charge in [-0.15, -0.1) is 0 Å². The van der Waals surface area contributed by atoms with Gasteiger partial charge in [0.2, 0.25) is 0 Å². The summed E-state index contributed by atoms with van der Waals surface area (Å²) in [7, 11) is 0. The highest BCUT2D eigenvalue weighted by Crippen LogP contribution is 2.30. The zero-order valence-electron chi connectivity index (χ0n) is 15.3. The fraction of sp³-hybridized carbons (Fsp3) is 0.381. The minimum Gasteiger partial charge on any atom is -0.494 e. The Morgan fingerprint density at radius 2 is 1.84 bits per heavy atom. The van der Waals surface area contributed by atoms with Crippen LogP contribution in [0.15, 0.2) is 42.5 Å². The van der Waals surface area contributed by atoms with Crippen molar-refractivity contribution < 1.29 is 19.4 Å². The minimum atomic E-state index is -0.845. The van der Waals surface area contributed by atoms with Crippen LogP contribution < -0.4 is 9.47 Å². The van der Waals surface area contributed by atoms with E-state index < -0.39 is 11.9 Å². The van der Waals surface area contributed by atoms with E-state index in [0.29, 0.717) is 13.0 Å². The van der Waals surface area contributed by atoms with Gasteiger partial charge in [-0.1, -0.05) is 30.3 Å². The van der Waals surface area contributed by atoms with Gasteiger partial charge in [0.05, 0.1) is 18.6 Å². The number of aliphatic carboxylic acids is 1. The van der Waals surface area contributed by atoms with E-state index in [0.717, 1.165) is 28.2 Å². The Bertz CT molecular complexity index is 722. The number of carboxylic acid groups (broad SMARTS) is 1. The fourth-order valence-electron chi connectivity index (χ4n) is 2.82. The smallest absolute Gasteiger partial charge is 0.311 e. The molecule has 0 amide bonds. The van der Waals surface area contributed by atoms with E-state index in [-0.39, 0.29) is 6.10 Å². The molecule has 1 unspecified atom stereocenters. The molecule has 0 aliphatic carbocycles. The summed E-state index contributed by atoms with van der Waals surface area (Å²) in [4.78, 5) is 11.9. The van der Waals surface area contributed by atoms with Gasteiger partial charge in [0.15, 0.2) is 0 Å². The third kappa shape index (κ3) is 4.99. The van der Waals surface area contributed by atoms with Crippen molar-refractivity contribution in [3.8, 4) is 11.5 Å². The van der Waals surface area contributed by atoms with Gasteiger partial charge in [0.25, 0.3) is 0 Å². The SMILES string of the molecule is CCOc1ccc(C(Cc2ccccc2OC(C)C)C(=O)O)cc1C. The average Bonchev–Trinajstić information content (AvgIpc) is 2.55. The Labute approximate surface area is 149 Å². The van der Waals surface area contributed by atoms with Crippen molar-refractivity contribution in [2.75, 3.05) is 6.61 Å². The Morgan fingerprint density at radius 1 is 1.12 bits per heavy atom. The lowest BCUT2D eigenvalue weighted by atomic mass is 9.90. The largest absolute Gasteiger partial charge is 0.494 e. The highest BCUT2D eigenvalue weighted by atomic mass is 16.5. The van der Waals surface area contributed by atoms with Gasteiger partial charge in [-0.2, -0.15) is 0 Å². The van der Waals surface area contributed by atoms with Crippen LogP contribution in [0.1, 0.15) is 43.4 Å². The van der Waals surface area contributed by atoms with Crippen LogP contribution in [0.3, 0.4) is 0 Å². The molecule has 25 heavy (non-hydrogen) atoms. The molecular weight excluding hydrogens is 316 g/mol. The highest BCUT2D eigenvalue weighted by Gasteiger charge is 2.23. The standard InChI is InChI=1S/C21H26O4/c1-5-24-19-11-10-16(12-15(19)4)18(21(22)23)13-17-8-6-7-9-20(17)25-14(2)3/h6-12,14,18H,5,13H2,1-4H3,(H,22,23). The second-order valence-corrected chi connectivity index (χ2v) is 6.33. The number of rotatable bonds is 8. The van der Waals surface area contributed by atoms with Gasteiger partial charge in [-0.25, -0.2) is 0 Å². The van der Waals surface area contributed by atoms with Crippen LogP contribution in [-0.2, 0) is 11.2 Å². The summed E-state index contributed by atoms with van der Waals surface area (Å²) in [5, 5.41) is 9.75. The lowest BCUT2D eigenvalue weighted by molar-refractivity contribution is -0.138. The zero-order valence-corrected chi connectivity index (χ0v) is 15.3. The van der Waals surface area contributed by atoms with E-state index in [4.69, 9.17) is 9.47 Å². The third-order valence-corrected chi connectivity index (χ3v) is 3.96. The van der Waals surface area contributed by atoms with E-state index in [1.165, 1.54) is 0 Å². The molecule has 0 fully saturated rings. The van der Waals surface area contributed by atoms with Crippen LogP contribution in [-0.4, -0.2) is 23.8 Å². The van der Waals surface area contributed by atoms with Gasteiger partial charge >= 0.3 is 5.97 Å². The molecule has 2 aromatic rings. The first-order valence-corrected chi connectivity index (χ1v) is 8.63. The molecule has 0 aliphatic heterocycles. The molecule has 4 heteroatoms. The molecule has 0 spiro atoms. The number of aryl methyl sites for hydroxylation is 1. The summed E-state index contributed by atoms with van der Waals surface area (Å²) in [6.45, 7) is 8.37. The van der Waals surface area contributed by atoms with E-state index >= 15 is 0 Å². The van der Waals surface area contributed by atoms with Crippen molar-refractivity contribution in [2.45, 2.75) is 46.1 Å². The summed E-state index contributed by atoms with van der Waals surface area (Å²) >= 11 is 0. The second-order valence-electron chi connectivity index (χ2n) is 6.33.